The number of amides is 1. The van der Waals surface area contributed by atoms with Crippen LogP contribution < -0.4 is 16.4 Å². The maximum Gasteiger partial charge on any atom is 0.260 e. The van der Waals surface area contributed by atoms with E-state index in [0.29, 0.717) is 31.1 Å². The van der Waals surface area contributed by atoms with Gasteiger partial charge in [0.15, 0.2) is 0 Å². The van der Waals surface area contributed by atoms with Crippen LogP contribution in [0, 0.1) is 24.1 Å². The van der Waals surface area contributed by atoms with Crippen LogP contribution >= 0.6 is 0 Å². The summed E-state index contributed by atoms with van der Waals surface area (Å²) in [6, 6.07) is 5.21. The number of aliphatic hydroxyl groups excluding tert-OH is 1. The highest BCUT2D eigenvalue weighted by atomic mass is 19.1. The third-order valence-corrected chi connectivity index (χ3v) is 8.81. The Balaban J connectivity index is 1.37. The minimum Gasteiger partial charge on any atom is -0.393 e. The van der Waals surface area contributed by atoms with Crippen molar-refractivity contribution in [1.29, 1.82) is 5.41 Å². The van der Waals surface area contributed by atoms with Gasteiger partial charge in [-0.15, -0.1) is 0 Å². The van der Waals surface area contributed by atoms with Gasteiger partial charge in [0.2, 0.25) is 0 Å². The van der Waals surface area contributed by atoms with Crippen LogP contribution in [0.1, 0.15) is 101 Å². The van der Waals surface area contributed by atoms with Crippen LogP contribution in [0.4, 0.5) is 4.39 Å². The summed E-state index contributed by atoms with van der Waals surface area (Å²) in [4.78, 5) is 13.1. The van der Waals surface area contributed by atoms with Crippen LogP contribution in [0.15, 0.2) is 53.4 Å². The molecule has 2 fully saturated rings. The second-order valence-electron chi connectivity index (χ2n) is 11.8. The molecule has 2 unspecified atom stereocenters. The van der Waals surface area contributed by atoms with Crippen LogP contribution in [0.5, 0.6) is 0 Å². The van der Waals surface area contributed by atoms with Crippen molar-refractivity contribution in [2.75, 3.05) is 0 Å². The van der Waals surface area contributed by atoms with Crippen molar-refractivity contribution < 1.29 is 19.6 Å². The lowest BCUT2D eigenvalue weighted by atomic mass is 9.87. The summed E-state index contributed by atoms with van der Waals surface area (Å²) < 4.78 is 13.9. The molecule has 2 atom stereocenters. The zero-order valence-corrected chi connectivity index (χ0v) is 23.4. The molecule has 1 aromatic rings. The number of quaternary nitrogens is 1. The first kappa shape index (κ1) is 29.2. The fraction of sp³-hybridized carbons (Fsp3) is 0.562. The molecule has 1 aliphatic heterocycles. The largest absolute Gasteiger partial charge is 0.393 e. The lowest BCUT2D eigenvalue weighted by molar-refractivity contribution is -0.537. The van der Waals surface area contributed by atoms with Gasteiger partial charge < -0.3 is 16.2 Å². The van der Waals surface area contributed by atoms with Gasteiger partial charge in [-0.05, 0) is 118 Å². The average Bonchev–Trinajstić information content (AvgIpc) is 3.06. The number of benzene rings is 1. The summed E-state index contributed by atoms with van der Waals surface area (Å²) in [7, 11) is 0. The fourth-order valence-corrected chi connectivity index (χ4v) is 6.58. The van der Waals surface area contributed by atoms with E-state index in [-0.39, 0.29) is 35.3 Å². The quantitative estimate of drug-likeness (QED) is 0.152. The Morgan fingerprint density at radius 1 is 1.13 bits per heavy atom. The van der Waals surface area contributed by atoms with Crippen LogP contribution in [-0.4, -0.2) is 29.0 Å². The van der Waals surface area contributed by atoms with Crippen molar-refractivity contribution in [2.45, 2.75) is 108 Å². The Morgan fingerprint density at radius 3 is 2.69 bits per heavy atom. The number of hydrogen-bond donors (Lipinski definition) is 5. The molecule has 0 aromatic heterocycles. The van der Waals surface area contributed by atoms with Crippen molar-refractivity contribution in [2.24, 2.45) is 11.7 Å². The number of nitrogens with one attached hydrogen (secondary N) is 2. The van der Waals surface area contributed by atoms with Gasteiger partial charge in [-0.1, -0.05) is 25.0 Å². The fourth-order valence-electron chi connectivity index (χ4n) is 6.58. The van der Waals surface area contributed by atoms with Crippen molar-refractivity contribution in [3.8, 4) is 0 Å². The molecule has 0 radical (unpaired) electrons. The lowest BCUT2D eigenvalue weighted by Crippen LogP contribution is -2.76. The molecule has 4 rings (SSSR count). The van der Waals surface area contributed by atoms with Gasteiger partial charge in [-0.2, -0.15) is 0 Å². The third kappa shape index (κ3) is 8.36. The van der Waals surface area contributed by atoms with E-state index in [1.54, 1.807) is 12.1 Å². The number of carbonyl (C=O) groups excluding carboxylic acids is 1. The number of aryl methyl sites for hydroxylation is 1. The van der Waals surface area contributed by atoms with Crippen molar-refractivity contribution in [1.82, 2.24) is 5.32 Å². The van der Waals surface area contributed by atoms with E-state index in [0.717, 1.165) is 57.1 Å². The minimum atomic E-state index is -0.282. The van der Waals surface area contributed by atoms with E-state index in [1.807, 2.05) is 17.6 Å². The number of hydrogen-bond acceptors (Lipinski definition) is 3. The third-order valence-electron chi connectivity index (χ3n) is 8.81. The monoisotopic (exact) mass is 537 g/mol. The maximum absolute atomic E-state index is 13.9. The van der Waals surface area contributed by atoms with Crippen molar-refractivity contribution >= 4 is 11.7 Å². The smallest absolute Gasteiger partial charge is 0.260 e. The average molecular weight is 538 g/mol. The molecule has 2 aliphatic carbocycles. The number of halogens is 1. The molecule has 0 bridgehead atoms. The minimum absolute atomic E-state index is 0.0139. The molecule has 39 heavy (non-hydrogen) atoms. The predicted molar refractivity (Wildman–Crippen MR) is 153 cm³/mol. The standard InChI is InChI=1S/C32H45FN4O2/c1-21-9-12-25(33)20-28(21)24-7-4-6-22(10-11-24)19-23-5-2-3-8-29(36-18-17-23)30(31(34)35)32(39)37-26-13-15-27(38)16-14-26/h5,9,12,17-18,20,22,24,26-27,36,38H,2-4,6-8,10-11,13-16,19H2,1H3,(H3,34,35)(H,37,39)/p+1. The van der Waals surface area contributed by atoms with Crippen LogP contribution in [0.3, 0.4) is 0 Å². The molecule has 1 amide bonds. The summed E-state index contributed by atoms with van der Waals surface area (Å²) in [6.07, 6.45) is 18.3. The first-order chi connectivity index (χ1) is 18.8. The molecule has 1 aromatic carbocycles. The number of nitrogens with two attached hydrogens (primary N) is 2. The first-order valence-corrected chi connectivity index (χ1v) is 14.8. The summed E-state index contributed by atoms with van der Waals surface area (Å²) in [5.74, 6) is 0.436. The summed E-state index contributed by atoms with van der Waals surface area (Å²) in [5.41, 5.74) is 10.7. The lowest BCUT2D eigenvalue weighted by Gasteiger charge is -2.26. The molecule has 1 heterocycles. The molecular weight excluding hydrogens is 491 g/mol. The Hall–Kier alpha value is -2.77. The van der Waals surface area contributed by atoms with Gasteiger partial charge in [0, 0.05) is 12.5 Å². The SMILES string of the molecule is Cc1ccc(F)cc1C1CCCC(CC2=CCCCC(=C(C(=N)N)C(=O)NC3CCC(O)CC3)[NH2+]C=C2)CC1. The second kappa shape index (κ2) is 14.0. The van der Waals surface area contributed by atoms with Gasteiger partial charge in [0.25, 0.3) is 5.91 Å². The van der Waals surface area contributed by atoms with Gasteiger partial charge in [-0.25, -0.2) is 4.39 Å². The van der Waals surface area contributed by atoms with Gasteiger partial charge in [-0.3, -0.25) is 15.5 Å². The maximum atomic E-state index is 13.9. The van der Waals surface area contributed by atoms with Gasteiger partial charge in [0.05, 0.1) is 12.3 Å². The number of rotatable bonds is 6. The van der Waals surface area contributed by atoms with Crippen LogP contribution in [0.25, 0.3) is 0 Å². The number of carbonyl (C=O) groups is 1. The number of allylic oxidation sites excluding steroid dienone is 4. The normalized spacial score (nSPS) is 27.8. The van der Waals surface area contributed by atoms with E-state index in [2.05, 4.69) is 24.4 Å². The zero-order chi connectivity index (χ0) is 27.8. The first-order valence-electron chi connectivity index (χ1n) is 14.8. The molecular formula is C32H46FN4O2+. The van der Waals surface area contributed by atoms with E-state index in [9.17, 15) is 14.3 Å². The molecule has 0 spiro atoms. The van der Waals surface area contributed by atoms with Gasteiger partial charge in [0.1, 0.15) is 22.9 Å². The molecule has 2 saturated carbocycles. The highest BCUT2D eigenvalue weighted by molar-refractivity contribution is 6.19. The second-order valence-corrected chi connectivity index (χ2v) is 11.8. The number of aliphatic hydroxyl groups is 1. The highest BCUT2D eigenvalue weighted by Gasteiger charge is 2.27. The summed E-state index contributed by atoms with van der Waals surface area (Å²) in [5, 5.41) is 22.9. The Bertz CT molecular complexity index is 1120. The highest BCUT2D eigenvalue weighted by Crippen LogP contribution is 2.38. The molecule has 7 heteroatoms. The van der Waals surface area contributed by atoms with Crippen molar-refractivity contribution in [3.63, 3.8) is 0 Å². The van der Waals surface area contributed by atoms with E-state index >= 15 is 0 Å². The van der Waals surface area contributed by atoms with E-state index in [4.69, 9.17) is 11.1 Å². The number of amidine groups is 1. The topological polar surface area (TPSA) is 116 Å². The van der Waals surface area contributed by atoms with Crippen LogP contribution in [0.2, 0.25) is 0 Å². The molecule has 7 N–H and O–H groups in total. The zero-order valence-electron chi connectivity index (χ0n) is 23.4. The predicted octanol–water partition coefficient (Wildman–Crippen LogP) is 4.99. The molecule has 3 aliphatic rings. The molecule has 6 nitrogen and oxygen atoms in total. The Morgan fingerprint density at radius 2 is 1.92 bits per heavy atom. The van der Waals surface area contributed by atoms with E-state index in [1.165, 1.54) is 29.5 Å². The summed E-state index contributed by atoms with van der Waals surface area (Å²) in [6.45, 7) is 2.09. The van der Waals surface area contributed by atoms with E-state index < -0.39 is 0 Å². The Kier molecular flexibility index (Phi) is 10.5. The Labute approximate surface area is 232 Å². The van der Waals surface area contributed by atoms with Crippen molar-refractivity contribution in [3.05, 3.63) is 70.3 Å². The van der Waals surface area contributed by atoms with Crippen LogP contribution in [-0.2, 0) is 4.79 Å². The molecule has 212 valence electrons. The van der Waals surface area contributed by atoms with Gasteiger partial charge >= 0.3 is 0 Å². The summed E-state index contributed by atoms with van der Waals surface area (Å²) >= 11 is 0. The molecule has 0 saturated heterocycles.